The van der Waals surface area contributed by atoms with Gasteiger partial charge in [-0.2, -0.15) is 0 Å². The number of fused-ring (bicyclic) bond motifs is 1. The number of phenols is 1. The summed E-state index contributed by atoms with van der Waals surface area (Å²) in [5.74, 6) is 1.02. The van der Waals surface area contributed by atoms with Gasteiger partial charge in [0.2, 0.25) is 0 Å². The zero-order valence-corrected chi connectivity index (χ0v) is 9.76. The highest BCUT2D eigenvalue weighted by Crippen LogP contribution is 2.33. The van der Waals surface area contributed by atoms with Crippen LogP contribution in [0, 0.1) is 0 Å². The van der Waals surface area contributed by atoms with Gasteiger partial charge in [0.1, 0.15) is 5.75 Å². The number of rotatable bonds is 1. The smallest absolute Gasteiger partial charge is 0.115 e. The average molecular weight is 224 g/mol. The van der Waals surface area contributed by atoms with Crippen molar-refractivity contribution in [3.63, 3.8) is 0 Å². The third-order valence-electron chi connectivity index (χ3n) is 3.69. The van der Waals surface area contributed by atoms with E-state index < -0.39 is 0 Å². The molecular formula is C16H16O. The molecule has 0 heterocycles. The van der Waals surface area contributed by atoms with Gasteiger partial charge in [-0.3, -0.25) is 0 Å². The Morgan fingerprint density at radius 3 is 2.59 bits per heavy atom. The van der Waals surface area contributed by atoms with Gasteiger partial charge in [0.15, 0.2) is 0 Å². The summed E-state index contributed by atoms with van der Waals surface area (Å²) in [6.07, 6.45) is 3.35. The van der Waals surface area contributed by atoms with Crippen LogP contribution in [0.4, 0.5) is 0 Å². The normalized spacial score (nSPS) is 18.7. The number of aryl methyl sites for hydroxylation is 1. The van der Waals surface area contributed by atoms with Crippen molar-refractivity contribution in [3.8, 4) is 5.75 Å². The van der Waals surface area contributed by atoms with E-state index in [2.05, 4.69) is 36.4 Å². The molecule has 0 saturated heterocycles. The summed E-state index contributed by atoms with van der Waals surface area (Å²) >= 11 is 0. The average Bonchev–Trinajstić information content (AvgIpc) is 2.39. The van der Waals surface area contributed by atoms with E-state index in [4.69, 9.17) is 0 Å². The van der Waals surface area contributed by atoms with Crippen molar-refractivity contribution in [2.75, 3.05) is 0 Å². The fourth-order valence-corrected chi connectivity index (χ4v) is 2.75. The van der Waals surface area contributed by atoms with E-state index >= 15 is 0 Å². The molecule has 1 aliphatic rings. The van der Waals surface area contributed by atoms with E-state index in [0.717, 1.165) is 12.8 Å². The number of hydrogen-bond donors (Lipinski definition) is 1. The number of hydrogen-bond acceptors (Lipinski definition) is 1. The SMILES string of the molecule is Oc1ccc2c(c1)CCC(c1ccccc1)C2. The summed E-state index contributed by atoms with van der Waals surface area (Å²) in [5, 5.41) is 9.47. The molecule has 86 valence electrons. The van der Waals surface area contributed by atoms with E-state index in [1.165, 1.54) is 23.1 Å². The van der Waals surface area contributed by atoms with Crippen LogP contribution in [0.2, 0.25) is 0 Å². The van der Waals surface area contributed by atoms with Crippen molar-refractivity contribution in [1.82, 2.24) is 0 Å². The minimum atomic E-state index is 0.391. The van der Waals surface area contributed by atoms with E-state index in [0.29, 0.717) is 11.7 Å². The van der Waals surface area contributed by atoms with Crippen molar-refractivity contribution in [3.05, 3.63) is 65.2 Å². The zero-order valence-electron chi connectivity index (χ0n) is 9.76. The molecule has 0 fully saturated rings. The molecule has 0 aromatic heterocycles. The summed E-state index contributed by atoms with van der Waals surface area (Å²) in [6, 6.07) is 16.5. The molecule has 0 saturated carbocycles. The quantitative estimate of drug-likeness (QED) is 0.783. The lowest BCUT2D eigenvalue weighted by Crippen LogP contribution is -2.12. The summed E-state index contributed by atoms with van der Waals surface area (Å²) in [6.45, 7) is 0. The Hall–Kier alpha value is -1.76. The Kier molecular flexibility index (Phi) is 2.60. The molecule has 0 bridgehead atoms. The molecule has 3 rings (SSSR count). The standard InChI is InChI=1S/C16H16O/c17-16-9-8-14-10-13(6-7-15(14)11-16)12-4-2-1-3-5-12/h1-5,8-9,11,13,17H,6-7,10H2. The predicted octanol–water partition coefficient (Wildman–Crippen LogP) is 3.66. The van der Waals surface area contributed by atoms with E-state index in [9.17, 15) is 5.11 Å². The van der Waals surface area contributed by atoms with Crippen molar-refractivity contribution in [2.45, 2.75) is 25.2 Å². The van der Waals surface area contributed by atoms with E-state index in [-0.39, 0.29) is 0 Å². The van der Waals surface area contributed by atoms with E-state index in [1.54, 1.807) is 6.07 Å². The lowest BCUT2D eigenvalue weighted by molar-refractivity contribution is 0.472. The topological polar surface area (TPSA) is 20.2 Å². The Bertz CT molecular complexity index is 516. The fourth-order valence-electron chi connectivity index (χ4n) is 2.75. The van der Waals surface area contributed by atoms with Gasteiger partial charge in [0.25, 0.3) is 0 Å². The summed E-state index contributed by atoms with van der Waals surface area (Å²) in [4.78, 5) is 0. The van der Waals surface area contributed by atoms with Gasteiger partial charge in [-0.05, 0) is 54.0 Å². The van der Waals surface area contributed by atoms with Crippen LogP contribution in [0.1, 0.15) is 29.0 Å². The predicted molar refractivity (Wildman–Crippen MR) is 69.3 cm³/mol. The second-order valence-corrected chi connectivity index (χ2v) is 4.80. The molecule has 0 radical (unpaired) electrons. The first-order chi connectivity index (χ1) is 8.33. The molecule has 0 aliphatic heterocycles. The lowest BCUT2D eigenvalue weighted by atomic mass is 9.80. The Balaban J connectivity index is 1.88. The van der Waals surface area contributed by atoms with Gasteiger partial charge in [0.05, 0.1) is 0 Å². The molecule has 1 heteroatoms. The zero-order chi connectivity index (χ0) is 11.7. The molecule has 0 amide bonds. The maximum atomic E-state index is 9.47. The Morgan fingerprint density at radius 2 is 1.76 bits per heavy atom. The monoisotopic (exact) mass is 224 g/mol. The van der Waals surface area contributed by atoms with Crippen LogP contribution < -0.4 is 0 Å². The fraction of sp³-hybridized carbons (Fsp3) is 0.250. The highest BCUT2D eigenvalue weighted by molar-refractivity contribution is 5.38. The first-order valence-corrected chi connectivity index (χ1v) is 6.18. The van der Waals surface area contributed by atoms with Gasteiger partial charge >= 0.3 is 0 Å². The van der Waals surface area contributed by atoms with Crippen LogP contribution >= 0.6 is 0 Å². The van der Waals surface area contributed by atoms with E-state index in [1.807, 2.05) is 6.07 Å². The minimum Gasteiger partial charge on any atom is -0.508 e. The first-order valence-electron chi connectivity index (χ1n) is 6.18. The maximum absolute atomic E-state index is 9.47. The largest absolute Gasteiger partial charge is 0.508 e. The van der Waals surface area contributed by atoms with Crippen LogP contribution in [0.15, 0.2) is 48.5 Å². The third kappa shape index (κ3) is 2.05. The molecule has 0 spiro atoms. The molecule has 1 unspecified atom stereocenters. The minimum absolute atomic E-state index is 0.391. The molecule has 1 N–H and O–H groups in total. The maximum Gasteiger partial charge on any atom is 0.115 e. The third-order valence-corrected chi connectivity index (χ3v) is 3.69. The molecule has 1 aliphatic carbocycles. The first kappa shape index (κ1) is 10.4. The summed E-state index contributed by atoms with van der Waals surface area (Å²) in [7, 11) is 0. The van der Waals surface area contributed by atoms with Gasteiger partial charge in [-0.15, -0.1) is 0 Å². The molecular weight excluding hydrogens is 208 g/mol. The molecule has 2 aromatic rings. The van der Waals surface area contributed by atoms with Gasteiger partial charge < -0.3 is 5.11 Å². The van der Waals surface area contributed by atoms with Crippen molar-refractivity contribution < 1.29 is 5.11 Å². The Labute approximate surface area is 102 Å². The van der Waals surface area contributed by atoms with Gasteiger partial charge in [-0.1, -0.05) is 36.4 Å². The van der Waals surface area contributed by atoms with Gasteiger partial charge in [0, 0.05) is 0 Å². The molecule has 1 nitrogen and oxygen atoms in total. The Morgan fingerprint density at radius 1 is 0.941 bits per heavy atom. The second kappa shape index (κ2) is 4.25. The summed E-state index contributed by atoms with van der Waals surface area (Å²) < 4.78 is 0. The summed E-state index contributed by atoms with van der Waals surface area (Å²) in [5.41, 5.74) is 4.14. The number of benzene rings is 2. The van der Waals surface area contributed by atoms with Crippen molar-refractivity contribution >= 4 is 0 Å². The van der Waals surface area contributed by atoms with Gasteiger partial charge in [-0.25, -0.2) is 0 Å². The van der Waals surface area contributed by atoms with Crippen LogP contribution in [-0.2, 0) is 12.8 Å². The van der Waals surface area contributed by atoms with Crippen molar-refractivity contribution in [2.24, 2.45) is 0 Å². The van der Waals surface area contributed by atoms with Crippen LogP contribution in [0.5, 0.6) is 5.75 Å². The van der Waals surface area contributed by atoms with Crippen molar-refractivity contribution in [1.29, 1.82) is 0 Å². The highest BCUT2D eigenvalue weighted by atomic mass is 16.3. The number of aromatic hydroxyl groups is 1. The van der Waals surface area contributed by atoms with Crippen LogP contribution in [0.3, 0.4) is 0 Å². The number of phenolic OH excluding ortho intramolecular Hbond substituents is 1. The van der Waals surface area contributed by atoms with Crippen LogP contribution in [0.25, 0.3) is 0 Å². The second-order valence-electron chi connectivity index (χ2n) is 4.80. The molecule has 17 heavy (non-hydrogen) atoms. The molecule has 2 aromatic carbocycles. The van der Waals surface area contributed by atoms with Crippen LogP contribution in [-0.4, -0.2) is 5.11 Å². The highest BCUT2D eigenvalue weighted by Gasteiger charge is 2.19. The lowest BCUT2D eigenvalue weighted by Gasteiger charge is -2.25. The molecule has 1 atom stereocenters.